The third kappa shape index (κ3) is 4.17. The van der Waals surface area contributed by atoms with E-state index in [2.05, 4.69) is 21.5 Å². The minimum atomic E-state index is -0.777. The van der Waals surface area contributed by atoms with Crippen LogP contribution in [0.15, 0.2) is 76.4 Å². The molecule has 0 aliphatic carbocycles. The molecule has 4 rings (SSSR count). The Bertz CT molecular complexity index is 1420. The smallest absolute Gasteiger partial charge is 0.296 e. The molecule has 0 aliphatic heterocycles. The highest BCUT2D eigenvalue weighted by Gasteiger charge is 2.30. The van der Waals surface area contributed by atoms with Gasteiger partial charge in [-0.1, -0.05) is 60.6 Å². The molecule has 0 aliphatic rings. The third-order valence-corrected chi connectivity index (χ3v) is 5.69. The molecule has 9 heteroatoms. The highest BCUT2D eigenvalue weighted by atomic mass is 16.5. The van der Waals surface area contributed by atoms with E-state index in [0.717, 1.165) is 11.1 Å². The number of benzene rings is 2. The second-order valence-electron chi connectivity index (χ2n) is 7.77. The SMILES string of the molecule is C[C@H](c1nc(C(=O)Nc2cnoc2)c(O)c(=O)n1C)[C@@H](c1ccccc1)c1ccccc1C#N. The van der Waals surface area contributed by atoms with Crippen LogP contribution in [0.25, 0.3) is 0 Å². The summed E-state index contributed by atoms with van der Waals surface area (Å²) >= 11 is 0. The monoisotopic (exact) mass is 455 g/mol. The van der Waals surface area contributed by atoms with Crippen molar-refractivity contribution in [3.63, 3.8) is 0 Å². The van der Waals surface area contributed by atoms with Gasteiger partial charge >= 0.3 is 0 Å². The Balaban J connectivity index is 1.86. The van der Waals surface area contributed by atoms with E-state index in [9.17, 15) is 20.0 Å². The quantitative estimate of drug-likeness (QED) is 0.454. The number of aromatic hydroxyl groups is 1. The lowest BCUT2D eigenvalue weighted by Crippen LogP contribution is -2.29. The molecule has 2 aromatic carbocycles. The van der Waals surface area contributed by atoms with Gasteiger partial charge in [0.15, 0.2) is 5.69 Å². The van der Waals surface area contributed by atoms with Crippen molar-refractivity contribution in [2.45, 2.75) is 18.8 Å². The molecule has 0 fully saturated rings. The summed E-state index contributed by atoms with van der Waals surface area (Å²) in [6.07, 6.45) is 2.49. The number of aromatic nitrogens is 3. The Hall–Kier alpha value is -4.71. The molecule has 0 saturated carbocycles. The van der Waals surface area contributed by atoms with Crippen LogP contribution in [-0.4, -0.2) is 25.7 Å². The zero-order valence-corrected chi connectivity index (χ0v) is 18.5. The summed E-state index contributed by atoms with van der Waals surface area (Å²) in [6.45, 7) is 1.87. The van der Waals surface area contributed by atoms with E-state index in [1.165, 1.54) is 24.1 Å². The van der Waals surface area contributed by atoms with Gasteiger partial charge in [0.1, 0.15) is 17.8 Å². The Morgan fingerprint density at radius 1 is 1.18 bits per heavy atom. The van der Waals surface area contributed by atoms with Gasteiger partial charge in [-0.05, 0) is 17.2 Å². The number of nitrogens with zero attached hydrogens (tertiary/aromatic N) is 4. The van der Waals surface area contributed by atoms with E-state index in [1.807, 2.05) is 49.4 Å². The van der Waals surface area contributed by atoms with Gasteiger partial charge in [-0.25, -0.2) is 4.98 Å². The number of nitriles is 1. The van der Waals surface area contributed by atoms with Gasteiger partial charge in [0.2, 0.25) is 5.75 Å². The predicted octanol–water partition coefficient (Wildman–Crippen LogP) is 3.53. The summed E-state index contributed by atoms with van der Waals surface area (Å²) < 4.78 is 5.92. The van der Waals surface area contributed by atoms with Crippen molar-refractivity contribution in [3.8, 4) is 11.8 Å². The lowest BCUT2D eigenvalue weighted by molar-refractivity contribution is 0.101. The van der Waals surface area contributed by atoms with Crippen LogP contribution in [0, 0.1) is 11.3 Å². The molecule has 0 bridgehead atoms. The fraction of sp³-hybridized carbons (Fsp3) is 0.160. The molecule has 1 amide bonds. The average Bonchev–Trinajstić information content (AvgIpc) is 3.36. The summed E-state index contributed by atoms with van der Waals surface area (Å²) in [5, 5.41) is 26.1. The Morgan fingerprint density at radius 3 is 2.56 bits per heavy atom. The number of rotatable bonds is 6. The van der Waals surface area contributed by atoms with Crippen molar-refractivity contribution in [3.05, 3.63) is 106 Å². The Labute approximate surface area is 194 Å². The van der Waals surface area contributed by atoms with Gasteiger partial charge in [0.05, 0.1) is 17.8 Å². The first-order valence-electron chi connectivity index (χ1n) is 10.5. The maximum atomic E-state index is 12.8. The minimum absolute atomic E-state index is 0.256. The number of nitrogens with one attached hydrogen (secondary N) is 1. The molecule has 0 spiro atoms. The van der Waals surface area contributed by atoms with Crippen LogP contribution in [0.2, 0.25) is 0 Å². The Morgan fingerprint density at radius 2 is 1.88 bits per heavy atom. The molecule has 9 nitrogen and oxygen atoms in total. The average molecular weight is 455 g/mol. The fourth-order valence-corrected chi connectivity index (χ4v) is 4.05. The van der Waals surface area contributed by atoms with Crippen LogP contribution in [0.5, 0.6) is 5.75 Å². The molecular weight excluding hydrogens is 434 g/mol. The first kappa shape index (κ1) is 22.5. The van der Waals surface area contributed by atoms with Crippen LogP contribution < -0.4 is 10.9 Å². The number of hydrogen-bond donors (Lipinski definition) is 2. The van der Waals surface area contributed by atoms with E-state index in [4.69, 9.17) is 4.52 Å². The molecule has 2 atom stereocenters. The van der Waals surface area contributed by atoms with Crippen molar-refractivity contribution < 1.29 is 14.4 Å². The number of amides is 1. The van der Waals surface area contributed by atoms with Crippen LogP contribution in [0.4, 0.5) is 5.69 Å². The summed E-state index contributed by atoms with van der Waals surface area (Å²) in [4.78, 5) is 30.0. The molecule has 4 aromatic rings. The highest BCUT2D eigenvalue weighted by molar-refractivity contribution is 6.04. The topological polar surface area (TPSA) is 134 Å². The van der Waals surface area contributed by atoms with Crippen LogP contribution in [0.1, 0.15) is 51.8 Å². The molecule has 170 valence electrons. The zero-order chi connectivity index (χ0) is 24.2. The van der Waals surface area contributed by atoms with Gasteiger partial charge < -0.3 is 14.9 Å². The molecule has 2 aromatic heterocycles. The van der Waals surface area contributed by atoms with Crippen molar-refractivity contribution in [1.29, 1.82) is 5.26 Å². The number of anilines is 1. The van der Waals surface area contributed by atoms with Crippen molar-refractivity contribution in [1.82, 2.24) is 14.7 Å². The number of carbonyl (C=O) groups is 1. The van der Waals surface area contributed by atoms with Crippen LogP contribution >= 0.6 is 0 Å². The first-order chi connectivity index (χ1) is 16.4. The lowest BCUT2D eigenvalue weighted by atomic mass is 9.79. The van der Waals surface area contributed by atoms with Crippen molar-refractivity contribution in [2.75, 3.05) is 5.32 Å². The maximum absolute atomic E-state index is 12.8. The van der Waals surface area contributed by atoms with Crippen LogP contribution in [0.3, 0.4) is 0 Å². The summed E-state index contributed by atoms with van der Waals surface area (Å²) in [6, 6.07) is 19.0. The van der Waals surface area contributed by atoms with Crippen LogP contribution in [-0.2, 0) is 7.05 Å². The lowest BCUT2D eigenvalue weighted by Gasteiger charge is -2.27. The van der Waals surface area contributed by atoms with Gasteiger partial charge in [-0.3, -0.25) is 14.2 Å². The Kier molecular flexibility index (Phi) is 6.23. The minimum Gasteiger partial charge on any atom is -0.501 e. The van der Waals surface area contributed by atoms with E-state index < -0.39 is 28.8 Å². The van der Waals surface area contributed by atoms with E-state index in [0.29, 0.717) is 5.56 Å². The van der Waals surface area contributed by atoms with Gasteiger partial charge in [-0.2, -0.15) is 5.26 Å². The summed E-state index contributed by atoms with van der Waals surface area (Å²) in [7, 11) is 1.49. The maximum Gasteiger partial charge on any atom is 0.296 e. The molecule has 2 heterocycles. The van der Waals surface area contributed by atoms with Crippen molar-refractivity contribution in [2.24, 2.45) is 7.05 Å². The standard InChI is InChI=1S/C25H21N5O4/c1-15(20(16-8-4-3-5-9-16)19-11-7-6-10-17(19)12-26)23-29-21(22(31)25(33)30(23)2)24(32)28-18-13-27-34-14-18/h3-11,13-15,20,31H,1-2H3,(H,28,32)/t15-,20-/m0/s1. The summed E-state index contributed by atoms with van der Waals surface area (Å²) in [5.74, 6) is -2.06. The number of hydrogen-bond acceptors (Lipinski definition) is 7. The fourth-order valence-electron chi connectivity index (χ4n) is 4.05. The van der Waals surface area contributed by atoms with Gasteiger partial charge in [0.25, 0.3) is 11.5 Å². The third-order valence-electron chi connectivity index (χ3n) is 5.69. The second kappa shape index (κ2) is 9.42. The largest absolute Gasteiger partial charge is 0.501 e. The first-order valence-corrected chi connectivity index (χ1v) is 10.5. The van der Waals surface area contributed by atoms with E-state index in [-0.39, 0.29) is 17.4 Å². The van der Waals surface area contributed by atoms with Crippen molar-refractivity contribution >= 4 is 11.6 Å². The number of carbonyl (C=O) groups excluding carboxylic acids is 1. The molecular formula is C25H21N5O4. The van der Waals surface area contributed by atoms with Gasteiger partial charge in [0, 0.05) is 18.9 Å². The predicted molar refractivity (Wildman–Crippen MR) is 123 cm³/mol. The van der Waals surface area contributed by atoms with E-state index >= 15 is 0 Å². The highest BCUT2D eigenvalue weighted by Crippen LogP contribution is 2.39. The normalized spacial score (nSPS) is 12.5. The molecule has 0 unspecified atom stereocenters. The second-order valence-corrected chi connectivity index (χ2v) is 7.77. The molecule has 0 radical (unpaired) electrons. The molecule has 0 saturated heterocycles. The molecule has 34 heavy (non-hydrogen) atoms. The van der Waals surface area contributed by atoms with E-state index in [1.54, 1.807) is 12.1 Å². The van der Waals surface area contributed by atoms with Gasteiger partial charge in [-0.15, -0.1) is 0 Å². The summed E-state index contributed by atoms with van der Waals surface area (Å²) in [5.41, 5.74) is 1.26. The molecule has 2 N–H and O–H groups in total. The zero-order valence-electron chi connectivity index (χ0n) is 18.5.